The fraction of sp³-hybridized carbons (Fsp3) is 0.286. The highest BCUT2D eigenvalue weighted by Crippen LogP contribution is 2.40. The summed E-state index contributed by atoms with van der Waals surface area (Å²) in [6, 6.07) is 12.7. The van der Waals surface area contributed by atoms with Crippen molar-refractivity contribution in [2.75, 3.05) is 0 Å². The third-order valence-electron chi connectivity index (χ3n) is 5.14. The summed E-state index contributed by atoms with van der Waals surface area (Å²) in [6.07, 6.45) is 4.23. The maximum atomic E-state index is 14.6. The van der Waals surface area contributed by atoms with E-state index in [9.17, 15) is 4.39 Å². The molecule has 4 rings (SSSR count). The van der Waals surface area contributed by atoms with Crippen LogP contribution in [0.1, 0.15) is 31.0 Å². The van der Waals surface area contributed by atoms with Crippen molar-refractivity contribution >= 4 is 22.5 Å². The summed E-state index contributed by atoms with van der Waals surface area (Å²) in [5.41, 5.74) is 4.85. The molecule has 2 aromatic carbocycles. The van der Waals surface area contributed by atoms with E-state index in [0.29, 0.717) is 16.5 Å². The lowest BCUT2D eigenvalue weighted by molar-refractivity contribution is 0.441. The molecule has 0 fully saturated rings. The number of nitrogens with zero attached hydrogens (tertiary/aromatic N) is 1. The fourth-order valence-electron chi connectivity index (χ4n) is 3.80. The van der Waals surface area contributed by atoms with E-state index in [1.807, 2.05) is 30.3 Å². The maximum absolute atomic E-state index is 14.6. The molecule has 0 radical (unpaired) electrons. The predicted octanol–water partition coefficient (Wildman–Crippen LogP) is 6.21. The monoisotopic (exact) mass is 339 g/mol. The van der Waals surface area contributed by atoms with E-state index in [1.54, 1.807) is 6.07 Å². The van der Waals surface area contributed by atoms with Crippen LogP contribution < -0.4 is 0 Å². The van der Waals surface area contributed by atoms with Gasteiger partial charge in [-0.25, -0.2) is 4.39 Å². The third kappa shape index (κ3) is 2.59. The quantitative estimate of drug-likeness (QED) is 0.541. The molecular formula is C21H19ClFN. The first kappa shape index (κ1) is 15.6. The van der Waals surface area contributed by atoms with Crippen LogP contribution in [0.4, 0.5) is 4.39 Å². The summed E-state index contributed by atoms with van der Waals surface area (Å²) < 4.78 is 14.6. The van der Waals surface area contributed by atoms with Crippen LogP contribution in [0.15, 0.2) is 42.5 Å². The minimum Gasteiger partial charge on any atom is -0.253 e. The van der Waals surface area contributed by atoms with Gasteiger partial charge in [0.05, 0.1) is 5.52 Å². The minimum absolute atomic E-state index is 0.189. The average Bonchev–Trinajstić information content (AvgIpc) is 2.60. The molecule has 1 nitrogen and oxygen atoms in total. The topological polar surface area (TPSA) is 12.9 Å². The Hall–Kier alpha value is -1.93. The molecule has 0 aliphatic heterocycles. The largest absolute Gasteiger partial charge is 0.253 e. The van der Waals surface area contributed by atoms with Crippen LogP contribution in [-0.2, 0) is 12.8 Å². The van der Waals surface area contributed by atoms with Gasteiger partial charge in [0.2, 0.25) is 0 Å². The van der Waals surface area contributed by atoms with Crippen molar-refractivity contribution < 1.29 is 4.39 Å². The highest BCUT2D eigenvalue weighted by Gasteiger charge is 2.25. The van der Waals surface area contributed by atoms with Crippen molar-refractivity contribution in [2.24, 2.45) is 5.92 Å². The Balaban J connectivity index is 2.07. The number of aryl methyl sites for hydroxylation is 1. The van der Waals surface area contributed by atoms with Gasteiger partial charge >= 0.3 is 0 Å². The Morgan fingerprint density at radius 1 is 1.21 bits per heavy atom. The molecule has 0 bridgehead atoms. The summed E-state index contributed by atoms with van der Waals surface area (Å²) in [4.78, 5) is 4.86. The number of halogens is 2. The zero-order chi connectivity index (χ0) is 16.7. The molecule has 0 saturated heterocycles. The summed E-state index contributed by atoms with van der Waals surface area (Å²) in [5, 5.41) is 1.60. The smallest absolute Gasteiger partial charge is 0.131 e. The van der Waals surface area contributed by atoms with Crippen molar-refractivity contribution in [3.63, 3.8) is 0 Å². The second kappa shape index (κ2) is 6.18. The molecule has 3 aromatic rings. The average molecular weight is 340 g/mol. The number of hydrogen-bond donors (Lipinski definition) is 0. The Bertz CT molecular complexity index is 919. The molecule has 1 aliphatic rings. The van der Waals surface area contributed by atoms with E-state index < -0.39 is 0 Å². The van der Waals surface area contributed by atoms with Gasteiger partial charge in [0.15, 0.2) is 0 Å². The zero-order valence-electron chi connectivity index (χ0n) is 13.7. The predicted molar refractivity (Wildman–Crippen MR) is 98.0 cm³/mol. The van der Waals surface area contributed by atoms with E-state index in [0.717, 1.165) is 47.8 Å². The van der Waals surface area contributed by atoms with Crippen LogP contribution in [0.3, 0.4) is 0 Å². The van der Waals surface area contributed by atoms with E-state index in [4.69, 9.17) is 16.6 Å². The van der Waals surface area contributed by atoms with Crippen LogP contribution in [0.2, 0.25) is 5.02 Å². The normalized spacial score (nSPS) is 17.0. The van der Waals surface area contributed by atoms with E-state index in [1.165, 1.54) is 11.6 Å². The van der Waals surface area contributed by atoms with Gasteiger partial charge in [-0.15, -0.1) is 0 Å². The van der Waals surface area contributed by atoms with Crippen molar-refractivity contribution in [3.05, 3.63) is 64.6 Å². The number of rotatable bonds is 2. The first-order valence-corrected chi connectivity index (χ1v) is 8.91. The molecule has 3 heteroatoms. The Morgan fingerprint density at radius 3 is 2.83 bits per heavy atom. The number of fused-ring (bicyclic) bond motifs is 2. The van der Waals surface area contributed by atoms with Crippen LogP contribution in [-0.4, -0.2) is 4.98 Å². The molecule has 1 atom stereocenters. The molecule has 1 heterocycles. The van der Waals surface area contributed by atoms with Crippen molar-refractivity contribution in [1.82, 2.24) is 4.98 Å². The maximum Gasteiger partial charge on any atom is 0.131 e. The van der Waals surface area contributed by atoms with Crippen molar-refractivity contribution in [3.8, 4) is 11.1 Å². The van der Waals surface area contributed by atoms with Gasteiger partial charge in [-0.2, -0.15) is 0 Å². The van der Waals surface area contributed by atoms with E-state index in [-0.39, 0.29) is 5.82 Å². The molecule has 1 unspecified atom stereocenters. The molecule has 0 spiro atoms. The highest BCUT2D eigenvalue weighted by molar-refractivity contribution is 6.31. The minimum atomic E-state index is -0.189. The Kier molecular flexibility index (Phi) is 4.01. The summed E-state index contributed by atoms with van der Waals surface area (Å²) in [5.74, 6) is 0.451. The lowest BCUT2D eigenvalue weighted by atomic mass is 9.80. The van der Waals surface area contributed by atoms with Gasteiger partial charge in [-0.3, -0.25) is 4.98 Å². The lowest BCUT2D eigenvalue weighted by Gasteiger charge is -2.26. The van der Waals surface area contributed by atoms with Crippen LogP contribution in [0, 0.1) is 11.7 Å². The zero-order valence-corrected chi connectivity index (χ0v) is 14.4. The number of pyridine rings is 1. The standard InChI is InChI=1S/C21H19ClFN/c1-2-13-7-9-19-16(11-13)21(15-5-3-4-6-18(15)23)17-12-14(22)8-10-20(17)24-19/h3-6,8,10,12-13H,2,7,9,11H2,1H3. The van der Waals surface area contributed by atoms with Gasteiger partial charge in [0.25, 0.3) is 0 Å². The molecule has 0 saturated carbocycles. The molecule has 24 heavy (non-hydrogen) atoms. The van der Waals surface area contributed by atoms with Gasteiger partial charge in [-0.1, -0.05) is 43.1 Å². The Morgan fingerprint density at radius 2 is 2.04 bits per heavy atom. The van der Waals surface area contributed by atoms with Crippen molar-refractivity contribution in [1.29, 1.82) is 0 Å². The number of hydrogen-bond acceptors (Lipinski definition) is 1. The third-order valence-corrected chi connectivity index (χ3v) is 5.37. The van der Waals surface area contributed by atoms with Gasteiger partial charge in [0.1, 0.15) is 5.82 Å². The van der Waals surface area contributed by atoms with E-state index >= 15 is 0 Å². The van der Waals surface area contributed by atoms with Gasteiger partial charge < -0.3 is 0 Å². The summed E-state index contributed by atoms with van der Waals surface area (Å²) in [6.45, 7) is 2.23. The van der Waals surface area contributed by atoms with Gasteiger partial charge in [-0.05, 0) is 60.6 Å². The number of aromatic nitrogens is 1. The summed E-state index contributed by atoms with van der Waals surface area (Å²) >= 11 is 6.24. The summed E-state index contributed by atoms with van der Waals surface area (Å²) in [7, 11) is 0. The van der Waals surface area contributed by atoms with Crippen LogP contribution in [0.5, 0.6) is 0 Å². The molecule has 1 aromatic heterocycles. The van der Waals surface area contributed by atoms with E-state index in [2.05, 4.69) is 6.92 Å². The molecule has 1 aliphatic carbocycles. The second-order valence-electron chi connectivity index (χ2n) is 6.57. The SMILES string of the molecule is CCC1CCc2nc3ccc(Cl)cc3c(-c3ccccc3F)c2C1. The highest BCUT2D eigenvalue weighted by atomic mass is 35.5. The van der Waals surface area contributed by atoms with Crippen LogP contribution >= 0.6 is 11.6 Å². The lowest BCUT2D eigenvalue weighted by Crippen LogP contribution is -2.16. The second-order valence-corrected chi connectivity index (χ2v) is 7.01. The van der Waals surface area contributed by atoms with Gasteiger partial charge in [0, 0.05) is 21.7 Å². The molecule has 0 amide bonds. The molecule has 122 valence electrons. The molecular weight excluding hydrogens is 321 g/mol. The molecule has 0 N–H and O–H groups in total. The number of benzene rings is 2. The first-order valence-electron chi connectivity index (χ1n) is 8.53. The first-order chi connectivity index (χ1) is 11.7. The Labute approximate surface area is 146 Å². The van der Waals surface area contributed by atoms with Crippen molar-refractivity contribution in [2.45, 2.75) is 32.6 Å². The van der Waals surface area contributed by atoms with Crippen LogP contribution in [0.25, 0.3) is 22.0 Å². The fourth-order valence-corrected chi connectivity index (χ4v) is 3.98.